The lowest BCUT2D eigenvalue weighted by Gasteiger charge is -2.39. The van der Waals surface area contributed by atoms with Gasteiger partial charge in [0.05, 0.1) is 30.5 Å². The predicted octanol–water partition coefficient (Wildman–Crippen LogP) is 3.50. The van der Waals surface area contributed by atoms with Crippen molar-refractivity contribution in [1.29, 1.82) is 5.26 Å². The van der Waals surface area contributed by atoms with Crippen molar-refractivity contribution in [3.8, 4) is 6.07 Å². The summed E-state index contributed by atoms with van der Waals surface area (Å²) in [7, 11) is 0. The van der Waals surface area contributed by atoms with Gasteiger partial charge in [0.2, 0.25) is 0 Å². The van der Waals surface area contributed by atoms with Gasteiger partial charge in [0.15, 0.2) is 0 Å². The first-order valence-corrected chi connectivity index (χ1v) is 10.0. The molecule has 1 fully saturated rings. The molecular weight excluding hydrogens is 362 g/mol. The summed E-state index contributed by atoms with van der Waals surface area (Å²) < 4.78 is 5.49. The number of hydrogen-bond acceptors (Lipinski definition) is 6. The zero-order valence-corrected chi connectivity index (χ0v) is 17.2. The van der Waals surface area contributed by atoms with Crippen molar-refractivity contribution in [1.82, 2.24) is 20.5 Å². The molecule has 0 spiro atoms. The fourth-order valence-electron chi connectivity index (χ4n) is 3.84. The number of morpholine rings is 1. The standard InChI is InChI=1S/C23H27N5O/c1-17-12-20(15-24)14-21(13-17)19(3)25-28-7-4-18(2)22-5-6-27(16-23(22)28)26-8-10-29-11-9-26/h4-7,12-14,16,19,25H,8-11H2,1-3H3/t19-/m1/s1. The van der Waals surface area contributed by atoms with E-state index in [1.54, 1.807) is 0 Å². The molecule has 0 unspecified atom stereocenters. The largest absolute Gasteiger partial charge is 0.379 e. The van der Waals surface area contributed by atoms with Crippen LogP contribution >= 0.6 is 0 Å². The zero-order chi connectivity index (χ0) is 20.4. The summed E-state index contributed by atoms with van der Waals surface area (Å²) in [5.41, 5.74) is 10.0. The highest BCUT2D eigenvalue weighted by Crippen LogP contribution is 2.30. The number of nitrogens with zero attached hydrogens (tertiary/aromatic N) is 4. The summed E-state index contributed by atoms with van der Waals surface area (Å²) in [4.78, 5) is 0. The van der Waals surface area contributed by atoms with Gasteiger partial charge in [-0.25, -0.2) is 10.4 Å². The lowest BCUT2D eigenvalue weighted by Crippen LogP contribution is -2.46. The van der Waals surface area contributed by atoms with E-state index in [-0.39, 0.29) is 6.04 Å². The van der Waals surface area contributed by atoms with Gasteiger partial charge in [-0.05, 0) is 61.8 Å². The Hall–Kier alpha value is -2.85. The number of aryl methyl sites for hydroxylation is 1. The molecule has 1 N–H and O–H groups in total. The predicted molar refractivity (Wildman–Crippen MR) is 113 cm³/mol. The maximum absolute atomic E-state index is 9.29. The van der Waals surface area contributed by atoms with Crippen LogP contribution in [0, 0.1) is 18.3 Å². The number of allylic oxidation sites excluding steroid dienone is 3. The number of fused-ring (bicyclic) bond motifs is 1. The molecule has 29 heavy (non-hydrogen) atoms. The van der Waals surface area contributed by atoms with Crippen LogP contribution in [-0.4, -0.2) is 41.3 Å². The second kappa shape index (κ2) is 8.26. The average molecular weight is 390 g/mol. The van der Waals surface area contributed by atoms with Crippen LogP contribution in [-0.2, 0) is 4.74 Å². The molecule has 3 aliphatic rings. The fraction of sp³-hybridized carbons (Fsp3) is 0.348. The van der Waals surface area contributed by atoms with Crippen molar-refractivity contribution in [2.45, 2.75) is 26.8 Å². The van der Waals surface area contributed by atoms with Gasteiger partial charge in [-0.15, -0.1) is 0 Å². The Morgan fingerprint density at radius 3 is 2.66 bits per heavy atom. The molecule has 1 atom stereocenters. The van der Waals surface area contributed by atoms with Gasteiger partial charge in [-0.3, -0.25) is 10.0 Å². The third kappa shape index (κ3) is 4.13. The minimum Gasteiger partial charge on any atom is -0.379 e. The van der Waals surface area contributed by atoms with Gasteiger partial charge in [-0.1, -0.05) is 6.07 Å². The molecule has 4 rings (SSSR count). The monoisotopic (exact) mass is 389 g/mol. The molecule has 150 valence electrons. The van der Waals surface area contributed by atoms with Crippen LogP contribution in [0.3, 0.4) is 0 Å². The summed E-state index contributed by atoms with van der Waals surface area (Å²) >= 11 is 0. The van der Waals surface area contributed by atoms with Crippen LogP contribution < -0.4 is 5.43 Å². The number of benzene rings is 1. The topological polar surface area (TPSA) is 54.8 Å². The average Bonchev–Trinajstić information content (AvgIpc) is 2.75. The lowest BCUT2D eigenvalue weighted by molar-refractivity contribution is -0.0410. The van der Waals surface area contributed by atoms with Gasteiger partial charge < -0.3 is 4.74 Å². The molecular formula is C23H27N5O. The van der Waals surface area contributed by atoms with E-state index < -0.39 is 0 Å². The van der Waals surface area contributed by atoms with Crippen molar-refractivity contribution in [3.63, 3.8) is 0 Å². The number of ether oxygens (including phenoxy) is 1. The zero-order valence-electron chi connectivity index (χ0n) is 17.2. The fourth-order valence-corrected chi connectivity index (χ4v) is 3.84. The Labute approximate surface area is 172 Å². The molecule has 1 aromatic carbocycles. The van der Waals surface area contributed by atoms with Gasteiger partial charge in [0, 0.05) is 43.3 Å². The Bertz CT molecular complexity index is 947. The van der Waals surface area contributed by atoms with Gasteiger partial charge in [0.1, 0.15) is 0 Å². The van der Waals surface area contributed by atoms with Crippen LogP contribution in [0.15, 0.2) is 65.8 Å². The Balaban J connectivity index is 1.57. The molecule has 6 heteroatoms. The van der Waals surface area contributed by atoms with Crippen LogP contribution in [0.2, 0.25) is 0 Å². The molecule has 0 radical (unpaired) electrons. The van der Waals surface area contributed by atoms with Crippen molar-refractivity contribution < 1.29 is 4.74 Å². The maximum atomic E-state index is 9.29. The minimum atomic E-state index is 0.0509. The van der Waals surface area contributed by atoms with Crippen molar-refractivity contribution >= 4 is 0 Å². The Morgan fingerprint density at radius 1 is 1.10 bits per heavy atom. The van der Waals surface area contributed by atoms with Crippen LogP contribution in [0.4, 0.5) is 0 Å². The van der Waals surface area contributed by atoms with Gasteiger partial charge >= 0.3 is 0 Å². The summed E-state index contributed by atoms with van der Waals surface area (Å²) in [5, 5.41) is 15.8. The summed E-state index contributed by atoms with van der Waals surface area (Å²) in [6.07, 6.45) is 10.7. The summed E-state index contributed by atoms with van der Waals surface area (Å²) in [5.74, 6) is 0. The smallest absolute Gasteiger partial charge is 0.0991 e. The Morgan fingerprint density at radius 2 is 1.90 bits per heavy atom. The highest BCUT2D eigenvalue weighted by molar-refractivity contribution is 5.50. The molecule has 1 aromatic rings. The molecule has 0 aliphatic carbocycles. The normalized spacial score (nSPS) is 20.4. The number of hydrogen-bond donors (Lipinski definition) is 1. The van der Waals surface area contributed by atoms with Crippen molar-refractivity contribution in [2.75, 3.05) is 26.3 Å². The van der Waals surface area contributed by atoms with E-state index in [9.17, 15) is 5.26 Å². The van der Waals surface area contributed by atoms with Gasteiger partial charge in [0.25, 0.3) is 0 Å². The first kappa shape index (κ1) is 19.5. The van der Waals surface area contributed by atoms with E-state index >= 15 is 0 Å². The third-order valence-corrected chi connectivity index (χ3v) is 5.46. The highest BCUT2D eigenvalue weighted by atomic mass is 16.5. The van der Waals surface area contributed by atoms with Crippen LogP contribution in [0.1, 0.15) is 36.6 Å². The Kier molecular flexibility index (Phi) is 5.54. The first-order chi connectivity index (χ1) is 14.0. The number of hydrazine groups is 2. The molecule has 3 aliphatic heterocycles. The maximum Gasteiger partial charge on any atom is 0.0991 e. The quantitative estimate of drug-likeness (QED) is 0.851. The molecule has 0 bridgehead atoms. The molecule has 0 aromatic heterocycles. The summed E-state index contributed by atoms with van der Waals surface area (Å²) in [6.45, 7) is 9.54. The molecule has 1 saturated heterocycles. The van der Waals surface area contributed by atoms with Gasteiger partial charge in [-0.2, -0.15) is 5.26 Å². The number of nitrogens with one attached hydrogen (secondary N) is 1. The minimum absolute atomic E-state index is 0.0509. The highest BCUT2D eigenvalue weighted by Gasteiger charge is 2.25. The molecule has 0 saturated carbocycles. The van der Waals surface area contributed by atoms with E-state index in [1.807, 2.05) is 19.1 Å². The van der Waals surface area contributed by atoms with E-state index in [0.717, 1.165) is 43.1 Å². The molecule has 0 amide bonds. The molecule has 3 heterocycles. The van der Waals surface area contributed by atoms with E-state index in [4.69, 9.17) is 4.74 Å². The van der Waals surface area contributed by atoms with Crippen LogP contribution in [0.25, 0.3) is 0 Å². The van der Waals surface area contributed by atoms with E-state index in [0.29, 0.717) is 5.56 Å². The van der Waals surface area contributed by atoms with E-state index in [2.05, 4.69) is 77.2 Å². The second-order valence-electron chi connectivity index (χ2n) is 7.65. The number of nitriles is 1. The van der Waals surface area contributed by atoms with Crippen molar-refractivity contribution in [3.05, 3.63) is 82.5 Å². The van der Waals surface area contributed by atoms with Crippen LogP contribution in [0.5, 0.6) is 0 Å². The first-order valence-electron chi connectivity index (χ1n) is 10.0. The van der Waals surface area contributed by atoms with Crippen molar-refractivity contribution in [2.24, 2.45) is 0 Å². The van der Waals surface area contributed by atoms with E-state index in [1.165, 1.54) is 11.1 Å². The SMILES string of the molecule is CC1=C2C=CN(N3CCOCC3)C=C2N(N[C@H](C)c2cc(C)cc(C#N)c2)C=C1. The summed E-state index contributed by atoms with van der Waals surface area (Å²) in [6, 6.07) is 8.30. The molecule has 6 nitrogen and oxygen atoms in total. The number of rotatable bonds is 4. The second-order valence-corrected chi connectivity index (χ2v) is 7.65. The lowest BCUT2D eigenvalue weighted by atomic mass is 10.0. The third-order valence-electron chi connectivity index (χ3n) is 5.46.